The van der Waals surface area contributed by atoms with E-state index >= 15 is 0 Å². The zero-order valence-corrected chi connectivity index (χ0v) is 33.3. The molecule has 0 unspecified atom stereocenters. The van der Waals surface area contributed by atoms with Gasteiger partial charge in [-0.25, -0.2) is 9.97 Å². The van der Waals surface area contributed by atoms with E-state index in [9.17, 15) is 0 Å². The van der Waals surface area contributed by atoms with Crippen molar-refractivity contribution in [1.82, 2.24) is 18.8 Å². The minimum absolute atomic E-state index is 0.966. The summed E-state index contributed by atoms with van der Waals surface area (Å²) in [6.07, 6.45) is 0. The Balaban J connectivity index is 1.15. The molecule has 0 atom stereocenters. The van der Waals surface area contributed by atoms with Crippen LogP contribution < -0.4 is 0 Å². The fourth-order valence-electron chi connectivity index (χ4n) is 9.71. The fraction of sp³-hybridized carbons (Fsp3) is 0.0357. The number of nitrogens with zero attached hydrogens (tertiary/aromatic N) is 4. The quantitative estimate of drug-likeness (QED) is 0.164. The molecule has 0 bridgehead atoms. The molecule has 0 radical (unpaired) electrons. The van der Waals surface area contributed by atoms with Crippen molar-refractivity contribution in [2.45, 2.75) is 13.8 Å². The second-order valence-corrected chi connectivity index (χ2v) is 15.8. The minimum atomic E-state index is 0.966. The van der Waals surface area contributed by atoms with E-state index in [1.54, 1.807) is 0 Å². The summed E-state index contributed by atoms with van der Waals surface area (Å²) in [7, 11) is 0. The van der Waals surface area contributed by atoms with Crippen LogP contribution in [0.5, 0.6) is 0 Å². The Morgan fingerprint density at radius 2 is 0.650 bits per heavy atom. The summed E-state index contributed by atoms with van der Waals surface area (Å²) in [6, 6.07) is 70.1. The highest BCUT2D eigenvalue weighted by Crippen LogP contribution is 2.42. The standard InChI is InChI=1S/C56H38N4/c1-35-53(47-25-13-9-21-41(47)37-17-5-3-6-18-37)59-51-33-39(29-31-45(51)43-23-11-15-27-49(43)55(59)57-35)40-30-32-46-44-24-12-16-28-50(44)56-58-36(2)54(60(56)52(46)34-40)48-26-14-10-22-42(48)38-19-7-4-8-20-38/h3-34H,1-2H3. The molecule has 0 fully saturated rings. The van der Waals surface area contributed by atoms with Gasteiger partial charge in [-0.1, -0.05) is 182 Å². The molecule has 8 aromatic carbocycles. The lowest BCUT2D eigenvalue weighted by Crippen LogP contribution is -1.97. The maximum absolute atomic E-state index is 5.33. The highest BCUT2D eigenvalue weighted by Gasteiger charge is 2.22. The molecule has 0 amide bonds. The zero-order valence-electron chi connectivity index (χ0n) is 33.3. The van der Waals surface area contributed by atoms with Gasteiger partial charge < -0.3 is 0 Å². The van der Waals surface area contributed by atoms with Gasteiger partial charge in [-0.2, -0.15) is 0 Å². The van der Waals surface area contributed by atoms with E-state index in [1.807, 2.05) is 0 Å². The van der Waals surface area contributed by atoms with Crippen molar-refractivity contribution < 1.29 is 0 Å². The number of rotatable bonds is 5. The molecule has 12 aromatic rings. The molecule has 0 saturated carbocycles. The molecule has 4 aromatic heterocycles. The first-order valence-corrected chi connectivity index (χ1v) is 20.6. The third kappa shape index (κ3) is 5.11. The molecular formula is C56H38N4. The largest absolute Gasteiger partial charge is 0.291 e. The number of aryl methyl sites for hydroxylation is 2. The fourth-order valence-corrected chi connectivity index (χ4v) is 9.71. The summed E-state index contributed by atoms with van der Waals surface area (Å²) in [5.74, 6) is 0. The molecule has 60 heavy (non-hydrogen) atoms. The van der Waals surface area contributed by atoms with Crippen molar-refractivity contribution in [2.24, 2.45) is 0 Å². The molecule has 4 nitrogen and oxygen atoms in total. The van der Waals surface area contributed by atoms with E-state index in [-0.39, 0.29) is 0 Å². The number of aromatic nitrogens is 4. The normalized spacial score (nSPS) is 11.8. The van der Waals surface area contributed by atoms with Crippen molar-refractivity contribution in [1.29, 1.82) is 0 Å². The first-order chi connectivity index (χ1) is 29.6. The van der Waals surface area contributed by atoms with Crippen LogP contribution in [0.2, 0.25) is 0 Å². The van der Waals surface area contributed by atoms with Crippen LogP contribution >= 0.6 is 0 Å². The van der Waals surface area contributed by atoms with Gasteiger partial charge in [-0.05, 0) is 70.1 Å². The molecule has 282 valence electrons. The average molecular weight is 767 g/mol. The number of imidazole rings is 2. The summed E-state index contributed by atoms with van der Waals surface area (Å²) in [6.45, 7) is 4.29. The van der Waals surface area contributed by atoms with Crippen LogP contribution in [0.3, 0.4) is 0 Å². The SMILES string of the molecule is Cc1nc2c3ccccc3c3ccc(-c4ccc5c6ccccc6c6nc(C)c(-c7ccccc7-c7ccccc7)n6c5c4)cc3n2c1-c1ccccc1-c1ccccc1. The van der Waals surface area contributed by atoms with Crippen LogP contribution in [0.15, 0.2) is 194 Å². The van der Waals surface area contributed by atoms with Crippen molar-refractivity contribution in [2.75, 3.05) is 0 Å². The van der Waals surface area contributed by atoms with E-state index in [0.29, 0.717) is 0 Å². The topological polar surface area (TPSA) is 34.6 Å². The van der Waals surface area contributed by atoms with E-state index in [1.165, 1.54) is 43.8 Å². The average Bonchev–Trinajstić information content (AvgIpc) is 3.86. The third-order valence-corrected chi connectivity index (χ3v) is 12.4. The molecule has 0 aliphatic rings. The number of benzene rings is 8. The summed E-state index contributed by atoms with van der Waals surface area (Å²) < 4.78 is 4.81. The molecular weight excluding hydrogens is 729 g/mol. The lowest BCUT2D eigenvalue weighted by atomic mass is 9.95. The van der Waals surface area contributed by atoms with Crippen LogP contribution in [0.25, 0.3) is 111 Å². The van der Waals surface area contributed by atoms with E-state index in [4.69, 9.17) is 9.97 Å². The molecule has 0 aliphatic carbocycles. The van der Waals surface area contributed by atoms with Gasteiger partial charge in [0.15, 0.2) is 0 Å². The Labute approximate surface area is 347 Å². The van der Waals surface area contributed by atoms with Crippen LogP contribution in [0.4, 0.5) is 0 Å². The maximum atomic E-state index is 5.33. The van der Waals surface area contributed by atoms with Crippen LogP contribution in [-0.4, -0.2) is 18.8 Å². The first kappa shape index (κ1) is 34.2. The highest BCUT2D eigenvalue weighted by atomic mass is 15.0. The number of pyridine rings is 2. The number of hydrogen-bond acceptors (Lipinski definition) is 2. The van der Waals surface area contributed by atoms with E-state index < -0.39 is 0 Å². The lowest BCUT2D eigenvalue weighted by molar-refractivity contribution is 1.26. The van der Waals surface area contributed by atoms with E-state index in [2.05, 4.69) is 217 Å². The Hall–Kier alpha value is -7.82. The summed E-state index contributed by atoms with van der Waals surface area (Å²) in [5.41, 5.74) is 17.7. The Bertz CT molecular complexity index is 3420. The molecule has 0 aliphatic heterocycles. The predicted octanol–water partition coefficient (Wildman–Crippen LogP) is 14.5. The Morgan fingerprint density at radius 1 is 0.300 bits per heavy atom. The Morgan fingerprint density at radius 3 is 1.07 bits per heavy atom. The molecule has 0 N–H and O–H groups in total. The molecule has 12 rings (SSSR count). The van der Waals surface area contributed by atoms with Gasteiger partial charge in [-0.15, -0.1) is 0 Å². The van der Waals surface area contributed by atoms with Gasteiger partial charge in [0, 0.05) is 32.7 Å². The minimum Gasteiger partial charge on any atom is -0.291 e. The van der Waals surface area contributed by atoms with Crippen molar-refractivity contribution in [3.05, 3.63) is 206 Å². The summed E-state index contributed by atoms with van der Waals surface area (Å²) in [4.78, 5) is 10.7. The zero-order chi connectivity index (χ0) is 39.9. The van der Waals surface area contributed by atoms with Crippen LogP contribution in [-0.2, 0) is 0 Å². The second-order valence-electron chi connectivity index (χ2n) is 15.8. The van der Waals surface area contributed by atoms with Gasteiger partial charge in [0.2, 0.25) is 0 Å². The van der Waals surface area contributed by atoms with Crippen LogP contribution in [0.1, 0.15) is 11.4 Å². The number of fused-ring (bicyclic) bond motifs is 12. The van der Waals surface area contributed by atoms with Gasteiger partial charge in [0.05, 0.1) is 33.8 Å². The highest BCUT2D eigenvalue weighted by molar-refractivity contribution is 6.15. The van der Waals surface area contributed by atoms with Crippen LogP contribution in [0, 0.1) is 13.8 Å². The predicted molar refractivity (Wildman–Crippen MR) is 251 cm³/mol. The summed E-state index contributed by atoms with van der Waals surface area (Å²) >= 11 is 0. The molecule has 4 heterocycles. The van der Waals surface area contributed by atoms with Gasteiger partial charge >= 0.3 is 0 Å². The maximum Gasteiger partial charge on any atom is 0.145 e. The number of hydrogen-bond donors (Lipinski definition) is 0. The van der Waals surface area contributed by atoms with Crippen molar-refractivity contribution in [3.8, 4) is 55.9 Å². The lowest BCUT2D eigenvalue weighted by Gasteiger charge is -2.16. The second kappa shape index (κ2) is 13.4. The van der Waals surface area contributed by atoms with Gasteiger partial charge in [0.1, 0.15) is 11.3 Å². The van der Waals surface area contributed by atoms with Gasteiger partial charge in [0.25, 0.3) is 0 Å². The molecule has 0 saturated heterocycles. The van der Waals surface area contributed by atoms with Gasteiger partial charge in [-0.3, -0.25) is 8.80 Å². The monoisotopic (exact) mass is 766 g/mol. The van der Waals surface area contributed by atoms with Crippen molar-refractivity contribution in [3.63, 3.8) is 0 Å². The molecule has 0 spiro atoms. The van der Waals surface area contributed by atoms with E-state index in [0.717, 1.165) is 78.1 Å². The third-order valence-electron chi connectivity index (χ3n) is 12.4. The summed E-state index contributed by atoms with van der Waals surface area (Å²) in [5, 5.41) is 7.06. The first-order valence-electron chi connectivity index (χ1n) is 20.6. The Kier molecular flexibility index (Phi) is 7.63. The molecule has 4 heteroatoms. The van der Waals surface area contributed by atoms with Crippen molar-refractivity contribution >= 4 is 54.6 Å². The smallest absolute Gasteiger partial charge is 0.145 e.